The van der Waals surface area contributed by atoms with Gasteiger partial charge in [0.2, 0.25) is 0 Å². The molecule has 72 valence electrons. The molecule has 0 spiro atoms. The molecule has 0 bridgehead atoms. The van der Waals surface area contributed by atoms with Gasteiger partial charge in [0.25, 0.3) is 0 Å². The van der Waals surface area contributed by atoms with Gasteiger partial charge in [-0.05, 0) is 25.8 Å². The summed E-state index contributed by atoms with van der Waals surface area (Å²) in [5.41, 5.74) is 0. The molecule has 0 aromatic rings. The predicted molar refractivity (Wildman–Crippen MR) is 51.8 cm³/mol. The van der Waals surface area contributed by atoms with E-state index < -0.39 is 0 Å². The highest BCUT2D eigenvalue weighted by Crippen LogP contribution is 2.28. The quantitative estimate of drug-likeness (QED) is 0.448. The van der Waals surface area contributed by atoms with Crippen molar-refractivity contribution in [1.29, 1.82) is 0 Å². The molecule has 0 aliphatic heterocycles. The maximum atomic E-state index is 5.59. The minimum Gasteiger partial charge on any atom is -0.380 e. The van der Waals surface area contributed by atoms with E-state index in [0.717, 1.165) is 32.2 Å². The molecule has 0 aromatic heterocycles. The van der Waals surface area contributed by atoms with Crippen LogP contribution in [0, 0.1) is 5.92 Å². The zero-order chi connectivity index (χ0) is 8.81. The van der Waals surface area contributed by atoms with E-state index in [2.05, 4.69) is 11.9 Å². The molecule has 0 N–H and O–H groups in total. The van der Waals surface area contributed by atoms with Crippen LogP contribution >= 0.6 is 11.6 Å². The fraction of sp³-hybridized carbons (Fsp3) is 1.00. The minimum absolute atomic E-state index is 0.707. The first-order valence-electron chi connectivity index (χ1n) is 4.65. The molecule has 1 rings (SSSR count). The van der Waals surface area contributed by atoms with Gasteiger partial charge in [-0.3, -0.25) is 0 Å². The Bertz CT molecular complexity index is 117. The van der Waals surface area contributed by atoms with Crippen molar-refractivity contribution in [3.63, 3.8) is 0 Å². The summed E-state index contributed by atoms with van der Waals surface area (Å²) in [4.78, 5) is 2.19. The third-order valence-electron chi connectivity index (χ3n) is 2.13. The summed E-state index contributed by atoms with van der Waals surface area (Å²) in [7, 11) is 2.07. The number of hydrogen-bond donors (Lipinski definition) is 0. The van der Waals surface area contributed by atoms with Crippen LogP contribution in [-0.2, 0) is 4.74 Å². The summed E-state index contributed by atoms with van der Waals surface area (Å²) in [6.45, 7) is 3.77. The molecular formula is C9H18ClNO. The largest absolute Gasteiger partial charge is 0.380 e. The molecule has 2 nitrogen and oxygen atoms in total. The van der Waals surface area contributed by atoms with Gasteiger partial charge in [-0.2, -0.15) is 0 Å². The van der Waals surface area contributed by atoms with Crippen LogP contribution in [0.5, 0.6) is 0 Å². The second-order valence-corrected chi connectivity index (χ2v) is 3.89. The Morgan fingerprint density at radius 2 is 2.17 bits per heavy atom. The monoisotopic (exact) mass is 191 g/mol. The molecule has 0 aromatic carbocycles. The van der Waals surface area contributed by atoms with Crippen LogP contribution < -0.4 is 0 Å². The fourth-order valence-electron chi connectivity index (χ4n) is 1.01. The number of nitrogens with zero attached hydrogens (tertiary/aromatic N) is 1. The second-order valence-electron chi connectivity index (χ2n) is 3.51. The number of halogens is 1. The summed E-state index contributed by atoms with van der Waals surface area (Å²) < 4.78 is 5.49. The van der Waals surface area contributed by atoms with Gasteiger partial charge in [0.15, 0.2) is 0 Å². The van der Waals surface area contributed by atoms with E-state index in [0.29, 0.717) is 5.88 Å². The zero-order valence-electron chi connectivity index (χ0n) is 7.76. The summed E-state index contributed by atoms with van der Waals surface area (Å²) in [6, 6.07) is 0. The van der Waals surface area contributed by atoms with Gasteiger partial charge in [-0.1, -0.05) is 0 Å². The lowest BCUT2D eigenvalue weighted by atomic mass is 10.5. The molecule has 0 saturated heterocycles. The van der Waals surface area contributed by atoms with Gasteiger partial charge in [0.05, 0.1) is 6.61 Å². The van der Waals surface area contributed by atoms with Crippen LogP contribution in [0.3, 0.4) is 0 Å². The molecule has 0 unspecified atom stereocenters. The first kappa shape index (κ1) is 10.3. The molecule has 0 heterocycles. The second kappa shape index (κ2) is 5.79. The molecule has 0 radical (unpaired) electrons. The normalized spacial score (nSPS) is 17.2. The maximum Gasteiger partial charge on any atom is 0.0593 e. The average molecular weight is 192 g/mol. The lowest BCUT2D eigenvalue weighted by Gasteiger charge is -2.14. The van der Waals surface area contributed by atoms with E-state index in [1.54, 1.807) is 0 Å². The van der Waals surface area contributed by atoms with Crippen LogP contribution in [0.25, 0.3) is 0 Å². The third kappa shape index (κ3) is 4.96. The van der Waals surface area contributed by atoms with E-state index in [9.17, 15) is 0 Å². The Hall–Kier alpha value is 0.210. The minimum atomic E-state index is 0.707. The van der Waals surface area contributed by atoms with Crippen molar-refractivity contribution in [3.05, 3.63) is 0 Å². The van der Waals surface area contributed by atoms with E-state index >= 15 is 0 Å². The van der Waals surface area contributed by atoms with Crippen molar-refractivity contribution in [3.8, 4) is 0 Å². The molecule has 3 heteroatoms. The van der Waals surface area contributed by atoms with Crippen molar-refractivity contribution in [1.82, 2.24) is 4.90 Å². The highest BCUT2D eigenvalue weighted by molar-refractivity contribution is 6.18. The van der Waals surface area contributed by atoms with Gasteiger partial charge < -0.3 is 9.64 Å². The molecule has 0 amide bonds. The number of hydrogen-bond acceptors (Lipinski definition) is 2. The molecule has 1 fully saturated rings. The average Bonchev–Trinajstić information content (AvgIpc) is 2.82. The Labute approximate surface area is 79.8 Å². The van der Waals surface area contributed by atoms with Crippen molar-refractivity contribution in [2.75, 3.05) is 39.2 Å². The highest BCUT2D eigenvalue weighted by Gasteiger charge is 2.20. The molecule has 1 aliphatic rings. The maximum absolute atomic E-state index is 5.59. The van der Waals surface area contributed by atoms with E-state index in [4.69, 9.17) is 16.3 Å². The van der Waals surface area contributed by atoms with Crippen LogP contribution in [0.4, 0.5) is 0 Å². The summed E-state index contributed by atoms with van der Waals surface area (Å²) in [5.74, 6) is 1.59. The number of likely N-dealkylation sites (N-methyl/N-ethyl adjacent to an activating group) is 1. The van der Waals surface area contributed by atoms with E-state index in [-0.39, 0.29) is 0 Å². The first-order valence-corrected chi connectivity index (χ1v) is 5.18. The Balaban J connectivity index is 1.80. The van der Waals surface area contributed by atoms with Crippen molar-refractivity contribution >= 4 is 11.6 Å². The molecule has 0 atom stereocenters. The summed E-state index contributed by atoms with van der Waals surface area (Å²) >= 11 is 5.59. The van der Waals surface area contributed by atoms with Gasteiger partial charge in [0.1, 0.15) is 0 Å². The third-order valence-corrected chi connectivity index (χ3v) is 2.30. The lowest BCUT2D eigenvalue weighted by molar-refractivity contribution is 0.105. The van der Waals surface area contributed by atoms with Gasteiger partial charge >= 0.3 is 0 Å². The lowest BCUT2D eigenvalue weighted by Crippen LogP contribution is -2.25. The molecular weight excluding hydrogens is 174 g/mol. The standard InChI is InChI=1S/C9H18ClNO/c1-11(5-4-10)6-7-12-8-9-2-3-9/h9H,2-8H2,1H3. The number of ether oxygens (including phenoxy) is 1. The topological polar surface area (TPSA) is 12.5 Å². The van der Waals surface area contributed by atoms with E-state index in [1.807, 2.05) is 0 Å². The number of rotatable bonds is 7. The van der Waals surface area contributed by atoms with Gasteiger partial charge in [0, 0.05) is 25.6 Å². The smallest absolute Gasteiger partial charge is 0.0593 e. The van der Waals surface area contributed by atoms with Crippen molar-refractivity contribution in [2.24, 2.45) is 5.92 Å². The van der Waals surface area contributed by atoms with Crippen LogP contribution in [0.2, 0.25) is 0 Å². The van der Waals surface area contributed by atoms with E-state index in [1.165, 1.54) is 12.8 Å². The van der Waals surface area contributed by atoms with Crippen LogP contribution in [0.15, 0.2) is 0 Å². The molecule has 1 saturated carbocycles. The summed E-state index contributed by atoms with van der Waals surface area (Å²) in [6.07, 6.45) is 2.75. The van der Waals surface area contributed by atoms with Crippen LogP contribution in [-0.4, -0.2) is 44.1 Å². The van der Waals surface area contributed by atoms with Gasteiger partial charge in [-0.15, -0.1) is 11.6 Å². The molecule has 12 heavy (non-hydrogen) atoms. The Morgan fingerprint density at radius 3 is 2.75 bits per heavy atom. The SMILES string of the molecule is CN(CCCl)CCOCC1CC1. The van der Waals surface area contributed by atoms with Crippen LogP contribution in [0.1, 0.15) is 12.8 Å². The fourth-order valence-corrected chi connectivity index (χ4v) is 1.30. The Kier molecular flexibility index (Phi) is 4.96. The highest BCUT2D eigenvalue weighted by atomic mass is 35.5. The molecule has 1 aliphatic carbocycles. The zero-order valence-corrected chi connectivity index (χ0v) is 8.52. The Morgan fingerprint density at radius 1 is 1.42 bits per heavy atom. The summed E-state index contributed by atoms with van der Waals surface area (Å²) in [5, 5.41) is 0. The number of alkyl halides is 1. The van der Waals surface area contributed by atoms with Crippen molar-refractivity contribution in [2.45, 2.75) is 12.8 Å². The first-order chi connectivity index (χ1) is 5.83. The van der Waals surface area contributed by atoms with Crippen molar-refractivity contribution < 1.29 is 4.74 Å². The van der Waals surface area contributed by atoms with Gasteiger partial charge in [-0.25, -0.2) is 0 Å². The predicted octanol–water partition coefficient (Wildman–Crippen LogP) is 1.58.